The molecule has 0 unspecified atom stereocenters. The van der Waals surface area contributed by atoms with E-state index in [9.17, 15) is 0 Å². The van der Waals surface area contributed by atoms with Crippen molar-refractivity contribution >= 4 is 33.2 Å². The molecule has 0 aliphatic heterocycles. The molecule has 0 aliphatic rings. The summed E-state index contributed by atoms with van der Waals surface area (Å²) in [5.74, 6) is 1.57. The van der Waals surface area contributed by atoms with E-state index in [2.05, 4.69) is 21.2 Å². The summed E-state index contributed by atoms with van der Waals surface area (Å²) in [5.41, 5.74) is 1.96. The molecule has 0 aliphatic carbocycles. The van der Waals surface area contributed by atoms with Gasteiger partial charge < -0.3 is 14.8 Å². The molecule has 0 heterocycles. The molecule has 0 radical (unpaired) electrons. The van der Waals surface area contributed by atoms with Crippen molar-refractivity contribution < 1.29 is 9.47 Å². The molecular weight excluding hydrogens is 342 g/mol. The third-order valence-electron chi connectivity index (χ3n) is 2.83. The second-order valence-electron chi connectivity index (χ2n) is 4.17. The van der Waals surface area contributed by atoms with Gasteiger partial charge in [0.05, 0.1) is 24.4 Å². The minimum absolute atomic E-state index is 0.644. The van der Waals surface area contributed by atoms with Crippen molar-refractivity contribution in [2.75, 3.05) is 19.5 Å². The molecule has 0 atom stereocenters. The van der Waals surface area contributed by atoms with E-state index in [0.29, 0.717) is 11.6 Å². The van der Waals surface area contributed by atoms with Crippen molar-refractivity contribution in [3.8, 4) is 11.5 Å². The Bertz CT molecular complexity index is 604. The van der Waals surface area contributed by atoms with Gasteiger partial charge in [-0.3, -0.25) is 0 Å². The summed E-state index contributed by atoms with van der Waals surface area (Å²) in [7, 11) is 3.29. The Morgan fingerprint density at radius 1 is 1.15 bits per heavy atom. The van der Waals surface area contributed by atoms with Crippen LogP contribution in [0.5, 0.6) is 11.5 Å². The van der Waals surface area contributed by atoms with Crippen LogP contribution in [-0.4, -0.2) is 14.2 Å². The largest absolute Gasteiger partial charge is 0.497 e. The molecule has 2 aromatic rings. The topological polar surface area (TPSA) is 30.5 Å². The number of hydrogen-bond acceptors (Lipinski definition) is 3. The summed E-state index contributed by atoms with van der Waals surface area (Å²) < 4.78 is 11.4. The van der Waals surface area contributed by atoms with E-state index < -0.39 is 0 Å². The van der Waals surface area contributed by atoms with Crippen molar-refractivity contribution in [1.29, 1.82) is 0 Å². The maximum atomic E-state index is 6.06. The van der Waals surface area contributed by atoms with Crippen LogP contribution in [0.15, 0.2) is 40.9 Å². The highest BCUT2D eigenvalue weighted by Crippen LogP contribution is 2.36. The van der Waals surface area contributed by atoms with Gasteiger partial charge in [-0.1, -0.05) is 23.7 Å². The number of halogens is 2. The van der Waals surface area contributed by atoms with E-state index in [4.69, 9.17) is 21.1 Å². The van der Waals surface area contributed by atoms with Gasteiger partial charge in [0.25, 0.3) is 0 Å². The molecule has 0 amide bonds. The molecule has 0 saturated heterocycles. The van der Waals surface area contributed by atoms with Gasteiger partial charge in [-0.2, -0.15) is 0 Å². The van der Waals surface area contributed by atoms with Crippen LogP contribution in [0.1, 0.15) is 5.56 Å². The minimum Gasteiger partial charge on any atom is -0.497 e. The Kier molecular flexibility index (Phi) is 5.15. The molecule has 0 spiro atoms. The number of hydrogen-bond donors (Lipinski definition) is 1. The Morgan fingerprint density at radius 3 is 2.65 bits per heavy atom. The van der Waals surface area contributed by atoms with Gasteiger partial charge in [0.1, 0.15) is 5.75 Å². The maximum absolute atomic E-state index is 6.06. The number of anilines is 1. The molecule has 5 heteroatoms. The monoisotopic (exact) mass is 355 g/mol. The summed E-state index contributed by atoms with van der Waals surface area (Å²) >= 11 is 9.50. The van der Waals surface area contributed by atoms with Crippen LogP contribution < -0.4 is 14.8 Å². The first-order chi connectivity index (χ1) is 9.63. The van der Waals surface area contributed by atoms with Gasteiger partial charge in [-0.25, -0.2) is 0 Å². The van der Waals surface area contributed by atoms with Crippen LogP contribution in [0.3, 0.4) is 0 Å². The Labute approximate surface area is 132 Å². The lowest BCUT2D eigenvalue weighted by molar-refractivity contribution is 0.413. The van der Waals surface area contributed by atoms with Crippen LogP contribution >= 0.6 is 27.5 Å². The summed E-state index contributed by atoms with van der Waals surface area (Å²) in [6, 6.07) is 11.5. The lowest BCUT2D eigenvalue weighted by Crippen LogP contribution is -2.02. The highest BCUT2D eigenvalue weighted by molar-refractivity contribution is 9.10. The zero-order valence-electron chi connectivity index (χ0n) is 11.2. The average molecular weight is 357 g/mol. The van der Waals surface area contributed by atoms with Crippen molar-refractivity contribution in [3.63, 3.8) is 0 Å². The molecule has 0 bridgehead atoms. The summed E-state index contributed by atoms with van der Waals surface area (Å²) in [4.78, 5) is 0. The predicted octanol–water partition coefficient (Wildman–Crippen LogP) is 4.73. The standard InChI is InChI=1S/C15H15BrClNO2/c1-19-12-5-3-4-10(6-12)9-18-14-8-11(17)7-13(16)15(14)20-2/h3-8,18H,9H2,1-2H3. The lowest BCUT2D eigenvalue weighted by Gasteiger charge is -2.13. The first-order valence-electron chi connectivity index (χ1n) is 6.04. The van der Waals surface area contributed by atoms with Crippen LogP contribution in [0, 0.1) is 0 Å². The maximum Gasteiger partial charge on any atom is 0.156 e. The third-order valence-corrected chi connectivity index (χ3v) is 3.64. The van der Waals surface area contributed by atoms with Crippen LogP contribution in [-0.2, 0) is 6.54 Å². The molecule has 2 rings (SSSR count). The van der Waals surface area contributed by atoms with E-state index in [1.807, 2.05) is 30.3 Å². The molecule has 2 aromatic carbocycles. The molecule has 0 saturated carbocycles. The number of rotatable bonds is 5. The van der Waals surface area contributed by atoms with E-state index >= 15 is 0 Å². The molecular formula is C15H15BrClNO2. The highest BCUT2D eigenvalue weighted by atomic mass is 79.9. The SMILES string of the molecule is COc1cccc(CNc2cc(Cl)cc(Br)c2OC)c1. The van der Waals surface area contributed by atoms with Gasteiger partial charge in [-0.05, 0) is 45.8 Å². The number of benzene rings is 2. The van der Waals surface area contributed by atoms with E-state index in [-0.39, 0.29) is 0 Å². The minimum atomic E-state index is 0.644. The molecule has 0 aromatic heterocycles. The first-order valence-corrected chi connectivity index (χ1v) is 7.21. The van der Waals surface area contributed by atoms with Gasteiger partial charge in [0.15, 0.2) is 5.75 Å². The van der Waals surface area contributed by atoms with Gasteiger partial charge in [0.2, 0.25) is 0 Å². The van der Waals surface area contributed by atoms with Crippen molar-refractivity contribution in [3.05, 3.63) is 51.5 Å². The summed E-state index contributed by atoms with van der Waals surface area (Å²) in [6.07, 6.45) is 0. The molecule has 1 N–H and O–H groups in total. The molecule has 106 valence electrons. The van der Waals surface area contributed by atoms with E-state index in [1.54, 1.807) is 20.3 Å². The molecule has 20 heavy (non-hydrogen) atoms. The highest BCUT2D eigenvalue weighted by Gasteiger charge is 2.09. The second kappa shape index (κ2) is 6.86. The molecule has 3 nitrogen and oxygen atoms in total. The Hall–Kier alpha value is -1.39. The number of nitrogens with one attached hydrogen (secondary N) is 1. The van der Waals surface area contributed by atoms with E-state index in [1.165, 1.54) is 0 Å². The van der Waals surface area contributed by atoms with E-state index in [0.717, 1.165) is 27.2 Å². The lowest BCUT2D eigenvalue weighted by atomic mass is 10.2. The fraction of sp³-hybridized carbons (Fsp3) is 0.200. The quantitative estimate of drug-likeness (QED) is 0.840. The van der Waals surface area contributed by atoms with Crippen molar-refractivity contribution in [2.24, 2.45) is 0 Å². The predicted molar refractivity (Wildman–Crippen MR) is 86.0 cm³/mol. The van der Waals surface area contributed by atoms with Crippen molar-refractivity contribution in [2.45, 2.75) is 6.54 Å². The molecule has 0 fully saturated rings. The smallest absolute Gasteiger partial charge is 0.156 e. The van der Waals surface area contributed by atoms with Crippen LogP contribution in [0.25, 0.3) is 0 Å². The average Bonchev–Trinajstić information content (AvgIpc) is 2.45. The second-order valence-corrected chi connectivity index (χ2v) is 5.46. The number of ether oxygens (including phenoxy) is 2. The number of methoxy groups -OCH3 is 2. The zero-order chi connectivity index (χ0) is 14.5. The Morgan fingerprint density at radius 2 is 1.95 bits per heavy atom. The first kappa shape index (κ1) is 15.0. The van der Waals surface area contributed by atoms with Gasteiger partial charge in [-0.15, -0.1) is 0 Å². The zero-order valence-corrected chi connectivity index (χ0v) is 13.6. The Balaban J connectivity index is 2.18. The normalized spacial score (nSPS) is 10.2. The third kappa shape index (κ3) is 3.58. The van der Waals surface area contributed by atoms with Gasteiger partial charge >= 0.3 is 0 Å². The fourth-order valence-electron chi connectivity index (χ4n) is 1.88. The van der Waals surface area contributed by atoms with Gasteiger partial charge in [0, 0.05) is 11.6 Å². The summed E-state index contributed by atoms with van der Waals surface area (Å²) in [6.45, 7) is 0.653. The van der Waals surface area contributed by atoms with Crippen LogP contribution in [0.2, 0.25) is 5.02 Å². The summed E-state index contributed by atoms with van der Waals surface area (Å²) in [5, 5.41) is 3.96. The fourth-order valence-corrected chi connectivity index (χ4v) is 2.85. The van der Waals surface area contributed by atoms with Crippen molar-refractivity contribution in [1.82, 2.24) is 0 Å². The van der Waals surface area contributed by atoms with Crippen LogP contribution in [0.4, 0.5) is 5.69 Å².